The number of hydrogen-bond acceptors (Lipinski definition) is 0. The Morgan fingerprint density at radius 1 is 0.600 bits per heavy atom. The van der Waals surface area contributed by atoms with Crippen LogP contribution in [0.25, 0.3) is 0 Å². The van der Waals surface area contributed by atoms with Crippen molar-refractivity contribution in [1.29, 1.82) is 0 Å². The molecule has 1 aromatic rings. The quantitative estimate of drug-likeness (QED) is 0.583. The molecule has 2 aliphatic carbocycles. The summed E-state index contributed by atoms with van der Waals surface area (Å²) in [6, 6.07) is 4.76. The second-order valence-electron chi connectivity index (χ2n) is 7.20. The molecule has 0 heterocycles. The molecule has 0 atom stereocenters. The van der Waals surface area contributed by atoms with Gasteiger partial charge >= 0.3 is 0 Å². The minimum Gasteiger partial charge on any atom is -0.0588 e. The van der Waals surface area contributed by atoms with Gasteiger partial charge in [-0.15, -0.1) is 0 Å². The lowest BCUT2D eigenvalue weighted by molar-refractivity contribution is 0.417. The standard InChI is InChI=1S/C20H30/c1-15-13-14-16(2)20(18-11-7-4-8-12-18)19(15)17-9-5-3-6-10-17/h13-14,17-18H,3-12H2,1-2H3. The van der Waals surface area contributed by atoms with Crippen LogP contribution < -0.4 is 0 Å². The van der Waals surface area contributed by atoms with E-state index in [-0.39, 0.29) is 0 Å². The molecule has 2 fully saturated rings. The summed E-state index contributed by atoms with van der Waals surface area (Å²) in [5.41, 5.74) is 6.69. The monoisotopic (exact) mass is 270 g/mol. The minimum absolute atomic E-state index is 0.862. The predicted molar refractivity (Wildman–Crippen MR) is 87.6 cm³/mol. The van der Waals surface area contributed by atoms with Gasteiger partial charge in [0.15, 0.2) is 0 Å². The highest BCUT2D eigenvalue weighted by molar-refractivity contribution is 5.45. The molecule has 0 aromatic heterocycles. The van der Waals surface area contributed by atoms with Crippen molar-refractivity contribution < 1.29 is 0 Å². The Morgan fingerprint density at radius 2 is 0.950 bits per heavy atom. The molecule has 0 N–H and O–H groups in total. The summed E-state index contributed by atoms with van der Waals surface area (Å²) >= 11 is 0. The fourth-order valence-corrected chi connectivity index (χ4v) is 4.72. The largest absolute Gasteiger partial charge is 0.0588 e. The Balaban J connectivity index is 1.99. The predicted octanol–water partition coefficient (Wildman–Crippen LogP) is 6.40. The van der Waals surface area contributed by atoms with Crippen LogP contribution in [-0.2, 0) is 0 Å². The van der Waals surface area contributed by atoms with Gasteiger partial charge in [0.05, 0.1) is 0 Å². The molecule has 3 rings (SSSR count). The maximum absolute atomic E-state index is 2.38. The maximum Gasteiger partial charge on any atom is -0.0156 e. The summed E-state index contributed by atoms with van der Waals surface area (Å²) in [5, 5.41) is 0. The summed E-state index contributed by atoms with van der Waals surface area (Å²) < 4.78 is 0. The second-order valence-corrected chi connectivity index (χ2v) is 7.20. The van der Waals surface area contributed by atoms with E-state index < -0.39 is 0 Å². The third-order valence-electron chi connectivity index (χ3n) is 5.75. The van der Waals surface area contributed by atoms with E-state index in [1.807, 2.05) is 0 Å². The zero-order valence-electron chi connectivity index (χ0n) is 13.4. The van der Waals surface area contributed by atoms with Gasteiger partial charge in [0.2, 0.25) is 0 Å². The van der Waals surface area contributed by atoms with Crippen molar-refractivity contribution in [3.63, 3.8) is 0 Å². The van der Waals surface area contributed by atoms with Gasteiger partial charge in [-0.1, -0.05) is 50.7 Å². The average Bonchev–Trinajstić information content (AvgIpc) is 2.51. The van der Waals surface area contributed by atoms with Gasteiger partial charge in [0.25, 0.3) is 0 Å². The van der Waals surface area contributed by atoms with Crippen LogP contribution in [0.15, 0.2) is 12.1 Å². The maximum atomic E-state index is 2.38. The summed E-state index contributed by atoms with van der Waals surface area (Å²) in [5.74, 6) is 1.72. The van der Waals surface area contributed by atoms with Crippen molar-refractivity contribution in [2.24, 2.45) is 0 Å². The zero-order valence-corrected chi connectivity index (χ0v) is 13.4. The van der Waals surface area contributed by atoms with Crippen molar-refractivity contribution >= 4 is 0 Å². The molecule has 0 nitrogen and oxygen atoms in total. The lowest BCUT2D eigenvalue weighted by Crippen LogP contribution is -2.15. The van der Waals surface area contributed by atoms with E-state index in [0.29, 0.717) is 0 Å². The van der Waals surface area contributed by atoms with Gasteiger partial charge in [-0.2, -0.15) is 0 Å². The molecule has 2 saturated carbocycles. The highest BCUT2D eigenvalue weighted by Gasteiger charge is 2.26. The summed E-state index contributed by atoms with van der Waals surface area (Å²) in [7, 11) is 0. The van der Waals surface area contributed by atoms with Crippen molar-refractivity contribution in [3.8, 4) is 0 Å². The molecule has 0 unspecified atom stereocenters. The van der Waals surface area contributed by atoms with Crippen LogP contribution in [0.1, 0.15) is 98.3 Å². The van der Waals surface area contributed by atoms with E-state index >= 15 is 0 Å². The molecule has 0 radical (unpaired) electrons. The van der Waals surface area contributed by atoms with Gasteiger partial charge < -0.3 is 0 Å². The van der Waals surface area contributed by atoms with Crippen molar-refractivity contribution in [1.82, 2.24) is 0 Å². The van der Waals surface area contributed by atoms with Crippen LogP contribution in [0, 0.1) is 13.8 Å². The van der Waals surface area contributed by atoms with Crippen LogP contribution in [0.4, 0.5) is 0 Å². The topological polar surface area (TPSA) is 0 Å². The first-order valence-electron chi connectivity index (χ1n) is 8.87. The van der Waals surface area contributed by atoms with Crippen molar-refractivity contribution in [3.05, 3.63) is 34.4 Å². The van der Waals surface area contributed by atoms with Crippen LogP contribution in [0.5, 0.6) is 0 Å². The van der Waals surface area contributed by atoms with Gasteiger partial charge in [0, 0.05) is 0 Å². The Morgan fingerprint density at radius 3 is 1.30 bits per heavy atom. The Hall–Kier alpha value is -0.780. The molecular weight excluding hydrogens is 240 g/mol. The summed E-state index contributed by atoms with van der Waals surface area (Å²) in [6.07, 6.45) is 14.4. The lowest BCUT2D eigenvalue weighted by atomic mass is 9.73. The number of aryl methyl sites for hydroxylation is 2. The van der Waals surface area contributed by atoms with Crippen molar-refractivity contribution in [2.45, 2.75) is 89.9 Å². The Bertz CT molecular complexity index is 402. The summed E-state index contributed by atoms with van der Waals surface area (Å²) in [4.78, 5) is 0. The molecule has 1 aromatic carbocycles. The molecule has 0 bridgehead atoms. The van der Waals surface area contributed by atoms with E-state index in [4.69, 9.17) is 0 Å². The van der Waals surface area contributed by atoms with Crippen molar-refractivity contribution in [2.75, 3.05) is 0 Å². The Kier molecular flexibility index (Phi) is 4.48. The van der Waals surface area contributed by atoms with Crippen LogP contribution in [-0.4, -0.2) is 0 Å². The summed E-state index contributed by atoms with van der Waals surface area (Å²) in [6.45, 7) is 4.71. The highest BCUT2D eigenvalue weighted by Crippen LogP contribution is 2.43. The van der Waals surface area contributed by atoms with Gasteiger partial charge in [-0.05, 0) is 73.6 Å². The minimum atomic E-state index is 0.862. The van der Waals surface area contributed by atoms with E-state index in [1.165, 1.54) is 64.2 Å². The van der Waals surface area contributed by atoms with E-state index in [9.17, 15) is 0 Å². The molecule has 0 saturated heterocycles. The molecule has 0 heteroatoms. The van der Waals surface area contributed by atoms with Gasteiger partial charge in [-0.3, -0.25) is 0 Å². The number of hydrogen-bond donors (Lipinski definition) is 0. The zero-order chi connectivity index (χ0) is 13.9. The first-order valence-corrected chi connectivity index (χ1v) is 8.87. The van der Waals surface area contributed by atoms with E-state index in [1.54, 1.807) is 22.3 Å². The molecule has 0 spiro atoms. The molecular formula is C20H30. The van der Waals surface area contributed by atoms with Crippen LogP contribution >= 0.6 is 0 Å². The molecule has 0 aliphatic heterocycles. The molecule has 0 amide bonds. The molecule has 110 valence electrons. The molecule has 20 heavy (non-hydrogen) atoms. The second kappa shape index (κ2) is 6.33. The first-order chi connectivity index (χ1) is 9.77. The fraction of sp³-hybridized carbons (Fsp3) is 0.700. The van der Waals surface area contributed by atoms with Gasteiger partial charge in [-0.25, -0.2) is 0 Å². The third kappa shape index (κ3) is 2.80. The van der Waals surface area contributed by atoms with Crippen LogP contribution in [0.3, 0.4) is 0 Å². The van der Waals surface area contributed by atoms with E-state index in [0.717, 1.165) is 11.8 Å². The van der Waals surface area contributed by atoms with Gasteiger partial charge in [0.1, 0.15) is 0 Å². The van der Waals surface area contributed by atoms with E-state index in [2.05, 4.69) is 26.0 Å². The fourth-order valence-electron chi connectivity index (χ4n) is 4.72. The first kappa shape index (κ1) is 14.2. The Labute approximate surface area is 125 Å². The average molecular weight is 270 g/mol. The highest BCUT2D eigenvalue weighted by atomic mass is 14.3. The smallest absolute Gasteiger partial charge is 0.0156 e. The number of rotatable bonds is 2. The lowest BCUT2D eigenvalue weighted by Gasteiger charge is -2.32. The van der Waals surface area contributed by atoms with Crippen LogP contribution in [0.2, 0.25) is 0 Å². The normalized spacial score (nSPS) is 22.1. The SMILES string of the molecule is Cc1ccc(C)c(C2CCCCC2)c1C1CCCCC1. The number of benzene rings is 1. The molecule has 2 aliphatic rings. The third-order valence-corrected chi connectivity index (χ3v) is 5.75.